The second-order valence-electron chi connectivity index (χ2n) is 4.64. The molecule has 0 spiro atoms. The third-order valence-corrected chi connectivity index (χ3v) is 3.41. The lowest BCUT2D eigenvalue weighted by atomic mass is 10.1. The fourth-order valence-corrected chi connectivity index (χ4v) is 2.39. The van der Waals surface area contributed by atoms with E-state index in [2.05, 4.69) is 25.0 Å². The number of fused-ring (bicyclic) bond motifs is 1. The summed E-state index contributed by atoms with van der Waals surface area (Å²) in [5, 5.41) is 2.03. The highest BCUT2D eigenvalue weighted by atomic mass is 16.3. The van der Waals surface area contributed by atoms with Crippen molar-refractivity contribution in [3.05, 3.63) is 70.8 Å². The molecule has 20 heavy (non-hydrogen) atoms. The highest BCUT2D eigenvalue weighted by Crippen LogP contribution is 2.12. The van der Waals surface area contributed by atoms with Gasteiger partial charge >= 0.3 is 0 Å². The van der Waals surface area contributed by atoms with Crippen LogP contribution in [0.15, 0.2) is 59.0 Å². The molecular formula is C19H14O. The highest BCUT2D eigenvalue weighted by molar-refractivity contribution is 5.81. The van der Waals surface area contributed by atoms with Crippen molar-refractivity contribution in [3.8, 4) is 12.3 Å². The molecule has 0 saturated carbocycles. The van der Waals surface area contributed by atoms with Crippen molar-refractivity contribution in [2.75, 3.05) is 0 Å². The van der Waals surface area contributed by atoms with Crippen LogP contribution >= 0.6 is 0 Å². The molecule has 96 valence electrons. The van der Waals surface area contributed by atoms with E-state index in [0.717, 1.165) is 32.7 Å². The highest BCUT2D eigenvalue weighted by Gasteiger charge is 2.05. The fourth-order valence-electron chi connectivity index (χ4n) is 2.39. The number of para-hydroxylation sites is 1. The SMILES string of the molecule is C#C/C=c1\c(=C(/C)c2ccccc2)oc2ccccc12. The van der Waals surface area contributed by atoms with Crippen molar-refractivity contribution in [1.82, 2.24) is 0 Å². The average molecular weight is 258 g/mol. The lowest BCUT2D eigenvalue weighted by Gasteiger charge is -1.98. The van der Waals surface area contributed by atoms with Gasteiger partial charge in [0.2, 0.25) is 0 Å². The molecule has 1 aromatic heterocycles. The Hall–Kier alpha value is -2.72. The molecule has 0 aliphatic rings. The maximum Gasteiger partial charge on any atom is 0.139 e. The van der Waals surface area contributed by atoms with Crippen LogP contribution in [0.25, 0.3) is 22.6 Å². The molecule has 0 fully saturated rings. The van der Waals surface area contributed by atoms with Gasteiger partial charge in [0.05, 0.1) is 0 Å². The van der Waals surface area contributed by atoms with Gasteiger partial charge in [-0.3, -0.25) is 0 Å². The minimum absolute atomic E-state index is 0.843. The Morgan fingerprint density at radius 3 is 2.50 bits per heavy atom. The van der Waals surface area contributed by atoms with Gasteiger partial charge in [-0.05, 0) is 30.2 Å². The molecular weight excluding hydrogens is 244 g/mol. The standard InChI is InChI=1S/C19H14O/c1-3-9-17-16-12-7-8-13-18(16)20-19(17)14(2)15-10-5-4-6-11-15/h1,4-13H,2H3/b17-9-,19-14-. The molecule has 1 heteroatoms. The van der Waals surface area contributed by atoms with Crippen LogP contribution < -0.4 is 10.6 Å². The molecule has 1 heterocycles. The summed E-state index contributed by atoms with van der Waals surface area (Å²) in [6.07, 6.45) is 7.23. The molecule has 0 unspecified atom stereocenters. The van der Waals surface area contributed by atoms with E-state index in [9.17, 15) is 0 Å². The molecule has 2 aromatic carbocycles. The van der Waals surface area contributed by atoms with Gasteiger partial charge in [-0.1, -0.05) is 54.5 Å². The molecule has 0 N–H and O–H groups in total. The molecule has 0 saturated heterocycles. The summed E-state index contributed by atoms with van der Waals surface area (Å²) < 4.78 is 6.00. The summed E-state index contributed by atoms with van der Waals surface area (Å²) in [7, 11) is 0. The minimum Gasteiger partial charge on any atom is -0.456 e. The van der Waals surface area contributed by atoms with Crippen LogP contribution in [0.4, 0.5) is 0 Å². The smallest absolute Gasteiger partial charge is 0.139 e. The maximum absolute atomic E-state index is 6.00. The van der Waals surface area contributed by atoms with Crippen LogP contribution in [0.1, 0.15) is 12.5 Å². The number of furan rings is 1. The van der Waals surface area contributed by atoms with E-state index in [4.69, 9.17) is 10.8 Å². The number of rotatable bonds is 1. The van der Waals surface area contributed by atoms with Crippen LogP contribution in [0.3, 0.4) is 0 Å². The van der Waals surface area contributed by atoms with Gasteiger partial charge in [-0.15, -0.1) is 6.42 Å². The normalized spacial score (nSPS) is 13.3. The van der Waals surface area contributed by atoms with Crippen molar-refractivity contribution in [2.45, 2.75) is 6.92 Å². The zero-order valence-corrected chi connectivity index (χ0v) is 11.3. The zero-order chi connectivity index (χ0) is 13.9. The first kappa shape index (κ1) is 12.3. The van der Waals surface area contributed by atoms with Crippen molar-refractivity contribution in [2.24, 2.45) is 0 Å². The Morgan fingerprint density at radius 1 is 1.05 bits per heavy atom. The molecule has 1 nitrogen and oxygen atoms in total. The first-order chi connectivity index (χ1) is 9.81. The van der Waals surface area contributed by atoms with Crippen molar-refractivity contribution >= 4 is 22.6 Å². The molecule has 0 radical (unpaired) electrons. The van der Waals surface area contributed by atoms with Crippen molar-refractivity contribution in [1.29, 1.82) is 0 Å². The number of hydrogen-bond donors (Lipinski definition) is 0. The van der Waals surface area contributed by atoms with Gasteiger partial charge in [0.15, 0.2) is 0 Å². The minimum atomic E-state index is 0.843. The average Bonchev–Trinajstić information content (AvgIpc) is 2.87. The van der Waals surface area contributed by atoms with Gasteiger partial charge in [-0.2, -0.15) is 0 Å². The second kappa shape index (κ2) is 5.11. The second-order valence-corrected chi connectivity index (χ2v) is 4.64. The monoisotopic (exact) mass is 258 g/mol. The van der Waals surface area contributed by atoms with Crippen LogP contribution in [0.2, 0.25) is 0 Å². The van der Waals surface area contributed by atoms with Gasteiger partial charge in [0.1, 0.15) is 11.0 Å². The summed E-state index contributed by atoms with van der Waals surface area (Å²) in [5.41, 5.74) is 3.93. The molecule has 0 atom stereocenters. The number of benzene rings is 2. The first-order valence-electron chi connectivity index (χ1n) is 6.51. The quantitative estimate of drug-likeness (QED) is 0.611. The van der Waals surface area contributed by atoms with Crippen LogP contribution in [-0.2, 0) is 0 Å². The van der Waals surface area contributed by atoms with E-state index in [0.29, 0.717) is 0 Å². The number of hydrogen-bond acceptors (Lipinski definition) is 1. The molecule has 3 rings (SSSR count). The third-order valence-electron chi connectivity index (χ3n) is 3.41. The van der Waals surface area contributed by atoms with Crippen molar-refractivity contribution in [3.63, 3.8) is 0 Å². The van der Waals surface area contributed by atoms with Gasteiger partial charge in [-0.25, -0.2) is 0 Å². The summed E-state index contributed by atoms with van der Waals surface area (Å²) in [5.74, 6) is 2.61. The predicted octanol–water partition coefficient (Wildman–Crippen LogP) is 3.07. The Balaban J connectivity index is 2.46. The summed E-state index contributed by atoms with van der Waals surface area (Å²) in [6.45, 7) is 2.06. The van der Waals surface area contributed by atoms with E-state index in [1.54, 1.807) is 6.08 Å². The molecule has 0 amide bonds. The summed E-state index contributed by atoms with van der Waals surface area (Å²) in [4.78, 5) is 0. The van der Waals surface area contributed by atoms with Crippen LogP contribution in [-0.4, -0.2) is 0 Å². The third kappa shape index (κ3) is 2.02. The molecule has 0 bridgehead atoms. The van der Waals surface area contributed by atoms with Gasteiger partial charge in [0, 0.05) is 10.6 Å². The zero-order valence-electron chi connectivity index (χ0n) is 11.3. The Kier molecular flexibility index (Phi) is 3.15. The van der Waals surface area contributed by atoms with Crippen LogP contribution in [0, 0.1) is 12.3 Å². The summed E-state index contributed by atoms with van der Waals surface area (Å²) >= 11 is 0. The molecule has 3 aromatic rings. The van der Waals surface area contributed by atoms with Gasteiger partial charge < -0.3 is 4.42 Å². The largest absolute Gasteiger partial charge is 0.456 e. The fraction of sp³-hybridized carbons (Fsp3) is 0.0526. The van der Waals surface area contributed by atoms with Crippen molar-refractivity contribution < 1.29 is 4.42 Å². The predicted molar refractivity (Wildman–Crippen MR) is 83.4 cm³/mol. The Bertz CT molecular complexity index is 906. The Labute approximate surface area is 117 Å². The molecule has 0 aliphatic heterocycles. The van der Waals surface area contributed by atoms with E-state index >= 15 is 0 Å². The van der Waals surface area contributed by atoms with E-state index < -0.39 is 0 Å². The Morgan fingerprint density at radius 2 is 1.75 bits per heavy atom. The van der Waals surface area contributed by atoms with E-state index in [-0.39, 0.29) is 0 Å². The molecule has 0 aliphatic carbocycles. The van der Waals surface area contributed by atoms with E-state index in [1.165, 1.54) is 0 Å². The first-order valence-corrected chi connectivity index (χ1v) is 6.51. The maximum atomic E-state index is 6.00. The topological polar surface area (TPSA) is 13.1 Å². The lowest BCUT2D eigenvalue weighted by molar-refractivity contribution is 0.572. The van der Waals surface area contributed by atoms with Gasteiger partial charge in [0.25, 0.3) is 0 Å². The van der Waals surface area contributed by atoms with E-state index in [1.807, 2.05) is 42.5 Å². The lowest BCUT2D eigenvalue weighted by Crippen LogP contribution is -2.22. The summed E-state index contributed by atoms with van der Waals surface area (Å²) in [6, 6.07) is 18.1. The van der Waals surface area contributed by atoms with Crippen LogP contribution in [0.5, 0.6) is 0 Å². The number of terminal acetylenes is 1.